The minimum Gasteiger partial charge on any atom is -0.508 e. The number of carbonyl (C=O) groups is 2. The highest BCUT2D eigenvalue weighted by Crippen LogP contribution is 2.46. The first-order chi connectivity index (χ1) is 12.0. The quantitative estimate of drug-likeness (QED) is 0.512. The maximum Gasteiger partial charge on any atom is 0.176 e. The molecule has 4 atom stereocenters. The summed E-state index contributed by atoms with van der Waals surface area (Å²) < 4.78 is 0. The van der Waals surface area contributed by atoms with Crippen LogP contribution in [0, 0.1) is 23.7 Å². The van der Waals surface area contributed by atoms with E-state index < -0.39 is 34.9 Å². The van der Waals surface area contributed by atoms with Gasteiger partial charge in [0.15, 0.2) is 17.2 Å². The average molecular weight is 369 g/mol. The highest BCUT2D eigenvalue weighted by atomic mass is 16.4. The van der Waals surface area contributed by atoms with Crippen LogP contribution >= 0.6 is 0 Å². The van der Waals surface area contributed by atoms with Gasteiger partial charge in [-0.2, -0.15) is 0 Å². The van der Waals surface area contributed by atoms with Gasteiger partial charge in [-0.3, -0.25) is 9.59 Å². The van der Waals surface area contributed by atoms with Crippen LogP contribution in [0.15, 0.2) is 11.3 Å². The summed E-state index contributed by atoms with van der Waals surface area (Å²) in [6.07, 6.45) is 1.20. The predicted octanol–water partition coefficient (Wildman–Crippen LogP) is 3.58. The minimum absolute atomic E-state index is 0.0293. The van der Waals surface area contributed by atoms with E-state index in [4.69, 9.17) is 0 Å². The van der Waals surface area contributed by atoms with E-state index in [0.29, 0.717) is 18.8 Å². The average Bonchev–Trinajstić information content (AvgIpc) is 2.72. The molecule has 0 bridgehead atoms. The molecule has 1 unspecified atom stereocenters. The van der Waals surface area contributed by atoms with Gasteiger partial charge in [0.25, 0.3) is 0 Å². The Kier molecular flexibility index (Phi) is 8.03. The first-order valence-electron chi connectivity index (χ1n) is 9.89. The number of hydrogen-bond acceptors (Lipinski definition) is 5. The molecule has 0 heterocycles. The van der Waals surface area contributed by atoms with Gasteiger partial charge >= 0.3 is 0 Å². The predicted molar refractivity (Wildman–Crippen MR) is 102 cm³/mol. The second-order valence-corrected chi connectivity index (χ2v) is 8.66. The maximum atomic E-state index is 13.0. The lowest BCUT2D eigenvalue weighted by atomic mass is 9.73. The van der Waals surface area contributed by atoms with Crippen molar-refractivity contribution in [1.29, 1.82) is 0 Å². The Hall–Kier alpha value is -1.20. The third-order valence-corrected chi connectivity index (χ3v) is 5.33. The van der Waals surface area contributed by atoms with E-state index in [-0.39, 0.29) is 30.3 Å². The second-order valence-electron chi connectivity index (χ2n) is 8.66. The summed E-state index contributed by atoms with van der Waals surface area (Å²) >= 11 is 0. The Morgan fingerprint density at radius 1 is 1.08 bits per heavy atom. The normalized spacial score (nSPS) is 26.1. The lowest BCUT2D eigenvalue weighted by molar-refractivity contribution is -0.142. The summed E-state index contributed by atoms with van der Waals surface area (Å²) in [6.45, 7) is 11.5. The van der Waals surface area contributed by atoms with Crippen LogP contribution in [-0.2, 0) is 9.59 Å². The van der Waals surface area contributed by atoms with E-state index in [1.807, 2.05) is 41.5 Å². The summed E-state index contributed by atoms with van der Waals surface area (Å²) in [6, 6.07) is 0. The number of aliphatic hydroxyl groups is 3. The van der Waals surface area contributed by atoms with Crippen molar-refractivity contribution in [2.24, 2.45) is 23.7 Å². The molecule has 0 aliphatic heterocycles. The molecule has 1 aliphatic rings. The van der Waals surface area contributed by atoms with Crippen LogP contribution in [0.4, 0.5) is 0 Å². The Balaban J connectivity index is 3.34. The molecule has 1 rings (SSSR count). The Morgan fingerprint density at radius 2 is 1.65 bits per heavy atom. The molecule has 0 aromatic heterocycles. The minimum atomic E-state index is -2.08. The molecule has 5 nitrogen and oxygen atoms in total. The second kappa shape index (κ2) is 9.14. The van der Waals surface area contributed by atoms with E-state index in [2.05, 4.69) is 0 Å². The molecule has 0 spiro atoms. The van der Waals surface area contributed by atoms with E-state index in [1.165, 1.54) is 0 Å². The molecular formula is C21H36O5. The van der Waals surface area contributed by atoms with Gasteiger partial charge in [-0.05, 0) is 30.6 Å². The third-order valence-electron chi connectivity index (χ3n) is 5.33. The zero-order chi connectivity index (χ0) is 20.2. The van der Waals surface area contributed by atoms with Crippen molar-refractivity contribution in [3.63, 3.8) is 0 Å². The van der Waals surface area contributed by atoms with Gasteiger partial charge in [-0.15, -0.1) is 0 Å². The van der Waals surface area contributed by atoms with E-state index in [1.54, 1.807) is 0 Å². The molecule has 0 amide bonds. The number of rotatable bonds is 10. The van der Waals surface area contributed by atoms with Gasteiger partial charge < -0.3 is 15.3 Å². The number of carbonyl (C=O) groups excluding carboxylic acids is 2. The van der Waals surface area contributed by atoms with Gasteiger partial charge in [0.2, 0.25) is 0 Å². The van der Waals surface area contributed by atoms with E-state index in [9.17, 15) is 24.9 Å². The molecule has 0 aromatic carbocycles. The van der Waals surface area contributed by atoms with Gasteiger partial charge in [0.1, 0.15) is 11.3 Å². The van der Waals surface area contributed by atoms with Crippen molar-refractivity contribution in [3.8, 4) is 0 Å². The molecule has 5 heteroatoms. The Bertz CT molecular complexity index is 549. The van der Waals surface area contributed by atoms with Crippen LogP contribution in [0.5, 0.6) is 0 Å². The van der Waals surface area contributed by atoms with Gasteiger partial charge in [-0.1, -0.05) is 54.4 Å². The summed E-state index contributed by atoms with van der Waals surface area (Å²) in [5.74, 6) is -2.51. The van der Waals surface area contributed by atoms with Crippen LogP contribution < -0.4 is 0 Å². The van der Waals surface area contributed by atoms with Crippen LogP contribution in [0.25, 0.3) is 0 Å². The maximum absolute atomic E-state index is 13.0. The number of allylic oxidation sites excluding steroid dienone is 1. The smallest absolute Gasteiger partial charge is 0.176 e. The molecule has 0 saturated heterocycles. The fourth-order valence-corrected chi connectivity index (χ4v) is 3.95. The first-order valence-corrected chi connectivity index (χ1v) is 9.89. The highest BCUT2D eigenvalue weighted by molar-refractivity contribution is 6.23. The van der Waals surface area contributed by atoms with Crippen molar-refractivity contribution < 1.29 is 24.9 Å². The van der Waals surface area contributed by atoms with Crippen LogP contribution in [0.2, 0.25) is 0 Å². The lowest BCUT2D eigenvalue weighted by Crippen LogP contribution is -2.51. The zero-order valence-corrected chi connectivity index (χ0v) is 17.1. The van der Waals surface area contributed by atoms with Gasteiger partial charge in [-0.25, -0.2) is 0 Å². The molecule has 0 radical (unpaired) electrons. The van der Waals surface area contributed by atoms with E-state index in [0.717, 1.165) is 6.42 Å². The number of hydrogen-bond donors (Lipinski definition) is 3. The lowest BCUT2D eigenvalue weighted by Gasteiger charge is -2.37. The summed E-state index contributed by atoms with van der Waals surface area (Å²) in [5, 5.41) is 32.7. The molecule has 3 N–H and O–H groups in total. The molecule has 26 heavy (non-hydrogen) atoms. The third kappa shape index (κ3) is 4.55. The van der Waals surface area contributed by atoms with Crippen molar-refractivity contribution in [1.82, 2.24) is 0 Å². The summed E-state index contributed by atoms with van der Waals surface area (Å²) in [4.78, 5) is 25.6. The summed E-state index contributed by atoms with van der Waals surface area (Å²) in [5.41, 5.74) is -2.39. The number of aliphatic hydroxyl groups excluding tert-OH is 2. The molecular weight excluding hydrogens is 332 g/mol. The topological polar surface area (TPSA) is 94.8 Å². The zero-order valence-electron chi connectivity index (χ0n) is 17.1. The fraction of sp³-hybridized carbons (Fsp3) is 0.810. The van der Waals surface area contributed by atoms with Gasteiger partial charge in [0, 0.05) is 6.42 Å². The van der Waals surface area contributed by atoms with Crippen molar-refractivity contribution in [2.45, 2.75) is 85.4 Å². The molecule has 1 aliphatic carbocycles. The highest BCUT2D eigenvalue weighted by Gasteiger charge is 2.59. The summed E-state index contributed by atoms with van der Waals surface area (Å²) in [7, 11) is 0. The largest absolute Gasteiger partial charge is 0.508 e. The van der Waals surface area contributed by atoms with Crippen LogP contribution in [-0.4, -0.2) is 38.6 Å². The van der Waals surface area contributed by atoms with Crippen LogP contribution in [0.1, 0.15) is 73.6 Å². The monoisotopic (exact) mass is 368 g/mol. The first kappa shape index (κ1) is 22.8. The van der Waals surface area contributed by atoms with Crippen molar-refractivity contribution in [3.05, 3.63) is 11.3 Å². The van der Waals surface area contributed by atoms with Crippen molar-refractivity contribution in [2.75, 3.05) is 0 Å². The Labute approximate surface area is 157 Å². The van der Waals surface area contributed by atoms with Crippen molar-refractivity contribution >= 4 is 11.6 Å². The molecule has 0 saturated carbocycles. The standard InChI is InChI=1S/C21H36O5/c1-7-8-14(6)18-19(24)17(15(22)11-13(4)5)20(25)21(18,26)16(23)10-9-12(2)3/h12-14,16,18,23,25-26H,7-11H2,1-6H3/t14-,16?,18+,21+/m0/s1. The molecule has 0 aromatic rings. The Morgan fingerprint density at radius 3 is 2.12 bits per heavy atom. The molecule has 150 valence electrons. The fourth-order valence-electron chi connectivity index (χ4n) is 3.95. The number of ketones is 2. The SMILES string of the molecule is CCC[C@H](C)[C@@H]1C(=O)C(C(=O)CC(C)C)=C(O)[C@@]1(O)C(O)CCC(C)C. The van der Waals surface area contributed by atoms with E-state index >= 15 is 0 Å². The van der Waals surface area contributed by atoms with Gasteiger partial charge in [0.05, 0.1) is 12.0 Å². The van der Waals surface area contributed by atoms with Crippen LogP contribution in [0.3, 0.4) is 0 Å². The number of Topliss-reactive ketones (excluding diaryl/α,β-unsaturated/α-hetero) is 2. The molecule has 0 fully saturated rings.